The first-order valence-electron chi connectivity index (χ1n) is 12.0. The molecule has 1 fully saturated rings. The van der Waals surface area contributed by atoms with Crippen LogP contribution >= 0.6 is 0 Å². The van der Waals surface area contributed by atoms with Gasteiger partial charge in [0.2, 0.25) is 6.29 Å². The van der Waals surface area contributed by atoms with Crippen LogP contribution in [-0.4, -0.2) is 74.9 Å². The van der Waals surface area contributed by atoms with Crippen molar-refractivity contribution in [3.05, 3.63) is 11.8 Å². The third-order valence-corrected chi connectivity index (χ3v) is 6.39. The molecule has 0 saturated heterocycles. The highest BCUT2D eigenvalue weighted by atomic mass is 16.7. The van der Waals surface area contributed by atoms with Gasteiger partial charge in [0, 0.05) is 32.2 Å². The number of hydrogen-bond donors (Lipinski definition) is 1. The van der Waals surface area contributed by atoms with Crippen molar-refractivity contribution in [1.82, 2.24) is 4.90 Å². The van der Waals surface area contributed by atoms with Crippen molar-refractivity contribution in [3.63, 3.8) is 0 Å². The summed E-state index contributed by atoms with van der Waals surface area (Å²) >= 11 is 0. The number of carbonyl (C=O) groups excluding carboxylic acids is 1. The second kappa shape index (κ2) is 14.1. The van der Waals surface area contributed by atoms with Crippen molar-refractivity contribution in [1.29, 1.82) is 0 Å². The quantitative estimate of drug-likeness (QED) is 0.442. The standard InChI is InChI=1S/C24H43NO6/c1-5-30-24-20(11-13-28-15-16-29-14-12-26)21(18(2)3)17-22(31-24)23(27)25(4)19-9-7-6-8-10-19/h17-21,24,26H,5-16H2,1-4H3/t20?,21-,24-/m1/s1. The van der Waals surface area contributed by atoms with Crippen molar-refractivity contribution < 1.29 is 28.8 Å². The van der Waals surface area contributed by atoms with E-state index in [1.54, 1.807) is 0 Å². The first-order chi connectivity index (χ1) is 15.0. The maximum Gasteiger partial charge on any atom is 0.288 e. The third-order valence-electron chi connectivity index (χ3n) is 6.39. The van der Waals surface area contributed by atoms with Gasteiger partial charge in [-0.3, -0.25) is 4.79 Å². The zero-order valence-corrected chi connectivity index (χ0v) is 19.9. The van der Waals surface area contributed by atoms with Gasteiger partial charge in [-0.25, -0.2) is 0 Å². The van der Waals surface area contributed by atoms with Gasteiger partial charge in [0.15, 0.2) is 5.76 Å². The average Bonchev–Trinajstić information content (AvgIpc) is 2.78. The largest absolute Gasteiger partial charge is 0.459 e. The van der Waals surface area contributed by atoms with Crippen LogP contribution in [0, 0.1) is 17.8 Å². The summed E-state index contributed by atoms with van der Waals surface area (Å²) in [5.41, 5.74) is 0. The molecule has 0 bridgehead atoms. The number of nitrogens with zero attached hydrogens (tertiary/aromatic N) is 1. The highest BCUT2D eigenvalue weighted by Gasteiger charge is 2.39. The fraction of sp³-hybridized carbons (Fsp3) is 0.875. The van der Waals surface area contributed by atoms with Crippen molar-refractivity contribution in [3.8, 4) is 0 Å². The number of aliphatic hydroxyl groups excluding tert-OH is 1. The van der Waals surface area contributed by atoms with E-state index in [0.29, 0.717) is 50.8 Å². The molecule has 2 aliphatic rings. The minimum absolute atomic E-state index is 0.0227. The highest BCUT2D eigenvalue weighted by molar-refractivity contribution is 5.91. The average molecular weight is 442 g/mol. The van der Waals surface area contributed by atoms with Crippen molar-refractivity contribution in [2.24, 2.45) is 17.8 Å². The SMILES string of the molecule is CCO[C@@H]1OC(C(=O)N(C)C2CCCCC2)=C[C@H](C(C)C)C1CCOCCOCCO. The minimum atomic E-state index is -0.449. The monoisotopic (exact) mass is 441 g/mol. The molecule has 1 heterocycles. The fourth-order valence-electron chi connectivity index (χ4n) is 4.60. The van der Waals surface area contributed by atoms with Crippen molar-refractivity contribution in [2.45, 2.75) is 71.6 Å². The lowest BCUT2D eigenvalue weighted by molar-refractivity contribution is -0.180. The van der Waals surface area contributed by atoms with E-state index in [2.05, 4.69) is 13.8 Å². The van der Waals surface area contributed by atoms with E-state index in [1.165, 1.54) is 19.3 Å². The molecule has 1 unspecified atom stereocenters. The summed E-state index contributed by atoms with van der Waals surface area (Å²) in [6, 6.07) is 0.299. The van der Waals surface area contributed by atoms with Crippen LogP contribution in [-0.2, 0) is 23.7 Å². The summed E-state index contributed by atoms with van der Waals surface area (Å²) in [4.78, 5) is 15.1. The van der Waals surface area contributed by atoms with Gasteiger partial charge in [-0.2, -0.15) is 0 Å². The topological polar surface area (TPSA) is 77.5 Å². The maximum atomic E-state index is 13.2. The van der Waals surface area contributed by atoms with E-state index >= 15 is 0 Å². The number of likely N-dealkylation sites (N-methyl/N-ethyl adjacent to an activating group) is 1. The Hall–Kier alpha value is -1.15. The van der Waals surface area contributed by atoms with Crippen molar-refractivity contribution >= 4 is 5.91 Å². The Labute approximate surface area is 188 Å². The lowest BCUT2D eigenvalue weighted by atomic mass is 9.79. The molecule has 0 aromatic rings. The van der Waals surface area contributed by atoms with Crippen LogP contribution in [0.3, 0.4) is 0 Å². The van der Waals surface area contributed by atoms with Crippen LogP contribution < -0.4 is 0 Å². The summed E-state index contributed by atoms with van der Waals surface area (Å²) in [6.45, 7) is 8.73. The molecule has 1 aliphatic carbocycles. The molecule has 1 amide bonds. The summed E-state index contributed by atoms with van der Waals surface area (Å²) in [7, 11) is 1.90. The molecule has 1 aliphatic heterocycles. The lowest BCUT2D eigenvalue weighted by Gasteiger charge is -2.40. The molecule has 180 valence electrons. The molecule has 1 N–H and O–H groups in total. The van der Waals surface area contributed by atoms with Crippen molar-refractivity contribution in [2.75, 3.05) is 46.7 Å². The van der Waals surface area contributed by atoms with Gasteiger partial charge in [0.25, 0.3) is 5.91 Å². The maximum absolute atomic E-state index is 13.2. The van der Waals surface area contributed by atoms with Crippen LogP contribution in [0.4, 0.5) is 0 Å². The minimum Gasteiger partial charge on any atom is -0.459 e. The summed E-state index contributed by atoms with van der Waals surface area (Å²) in [5.74, 6) is 1.05. The Kier molecular flexibility index (Phi) is 11.9. The van der Waals surface area contributed by atoms with Crippen LogP contribution in [0.1, 0.15) is 59.3 Å². The normalized spacial score (nSPS) is 24.7. The molecular formula is C24H43NO6. The summed E-state index contributed by atoms with van der Waals surface area (Å²) in [6.07, 6.45) is 8.13. The third kappa shape index (κ3) is 8.04. The fourth-order valence-corrected chi connectivity index (χ4v) is 4.60. The Bertz CT molecular complexity index is 546. The molecule has 3 atom stereocenters. The molecule has 2 rings (SSSR count). The molecule has 0 aromatic heterocycles. The van der Waals surface area contributed by atoms with Crippen LogP contribution in [0.15, 0.2) is 11.8 Å². The van der Waals surface area contributed by atoms with E-state index in [1.807, 2.05) is 24.9 Å². The number of ether oxygens (including phenoxy) is 4. The number of rotatable bonds is 13. The molecule has 1 saturated carbocycles. The van der Waals surface area contributed by atoms with E-state index in [4.69, 9.17) is 24.1 Å². The van der Waals surface area contributed by atoms with Gasteiger partial charge in [-0.1, -0.05) is 33.1 Å². The zero-order valence-electron chi connectivity index (χ0n) is 19.9. The van der Waals surface area contributed by atoms with Gasteiger partial charge in [0.1, 0.15) is 0 Å². The number of aliphatic hydroxyl groups is 1. The van der Waals surface area contributed by atoms with E-state index in [0.717, 1.165) is 19.3 Å². The number of hydrogen-bond acceptors (Lipinski definition) is 6. The first kappa shape index (κ1) is 26.1. The zero-order chi connectivity index (χ0) is 22.6. The van der Waals surface area contributed by atoms with E-state index < -0.39 is 6.29 Å². The molecule has 0 aromatic carbocycles. The highest BCUT2D eigenvalue weighted by Crippen LogP contribution is 2.37. The van der Waals surface area contributed by atoms with Crippen LogP contribution in [0.5, 0.6) is 0 Å². The Morgan fingerprint density at radius 1 is 1.16 bits per heavy atom. The molecule has 0 radical (unpaired) electrons. The van der Waals surface area contributed by atoms with Gasteiger partial charge in [-0.05, 0) is 44.1 Å². The number of amides is 1. The summed E-state index contributed by atoms with van der Waals surface area (Å²) in [5, 5.41) is 8.74. The lowest BCUT2D eigenvalue weighted by Crippen LogP contribution is -2.44. The molecule has 7 heteroatoms. The summed E-state index contributed by atoms with van der Waals surface area (Å²) < 4.78 is 23.0. The second-order valence-corrected chi connectivity index (χ2v) is 8.90. The Morgan fingerprint density at radius 2 is 1.84 bits per heavy atom. The smallest absolute Gasteiger partial charge is 0.288 e. The number of allylic oxidation sites excluding steroid dienone is 1. The van der Waals surface area contributed by atoms with E-state index in [-0.39, 0.29) is 24.3 Å². The van der Waals surface area contributed by atoms with Crippen LogP contribution in [0.2, 0.25) is 0 Å². The number of carbonyl (C=O) groups is 1. The predicted molar refractivity (Wildman–Crippen MR) is 119 cm³/mol. The Balaban J connectivity index is 2.01. The molecule has 0 spiro atoms. The van der Waals surface area contributed by atoms with Crippen LogP contribution in [0.25, 0.3) is 0 Å². The Morgan fingerprint density at radius 3 is 2.45 bits per heavy atom. The molecule has 7 nitrogen and oxygen atoms in total. The molecule has 31 heavy (non-hydrogen) atoms. The second-order valence-electron chi connectivity index (χ2n) is 8.90. The first-order valence-corrected chi connectivity index (χ1v) is 12.0. The van der Waals surface area contributed by atoms with Gasteiger partial charge >= 0.3 is 0 Å². The molecular weight excluding hydrogens is 398 g/mol. The predicted octanol–water partition coefficient (Wildman–Crippen LogP) is 3.36. The van der Waals surface area contributed by atoms with Gasteiger partial charge in [0.05, 0.1) is 26.4 Å². The van der Waals surface area contributed by atoms with Gasteiger partial charge in [-0.15, -0.1) is 0 Å². The van der Waals surface area contributed by atoms with Gasteiger partial charge < -0.3 is 29.0 Å². The van der Waals surface area contributed by atoms with E-state index in [9.17, 15) is 4.79 Å².